The molecule has 2 heterocycles. The Labute approximate surface area is 139 Å². The van der Waals surface area contributed by atoms with Crippen LogP contribution in [-0.2, 0) is 11.2 Å². The van der Waals surface area contributed by atoms with Gasteiger partial charge in [0.1, 0.15) is 5.82 Å². The number of anilines is 2. The van der Waals surface area contributed by atoms with Gasteiger partial charge in [-0.2, -0.15) is 0 Å². The van der Waals surface area contributed by atoms with Crippen molar-refractivity contribution in [3.05, 3.63) is 60.3 Å². The van der Waals surface area contributed by atoms with Crippen molar-refractivity contribution in [3.63, 3.8) is 0 Å². The summed E-state index contributed by atoms with van der Waals surface area (Å²) in [7, 11) is 0. The number of aryl methyl sites for hydroxylation is 1. The fourth-order valence-electron chi connectivity index (χ4n) is 2.94. The molecule has 5 nitrogen and oxygen atoms in total. The van der Waals surface area contributed by atoms with Crippen molar-refractivity contribution in [1.29, 1.82) is 0 Å². The third-order valence-corrected chi connectivity index (χ3v) is 4.11. The van der Waals surface area contributed by atoms with Gasteiger partial charge in [-0.15, -0.1) is 0 Å². The highest BCUT2D eigenvalue weighted by molar-refractivity contribution is 5.94. The summed E-state index contributed by atoms with van der Waals surface area (Å²) in [4.78, 5) is 20.5. The molecule has 0 saturated carbocycles. The highest BCUT2D eigenvalue weighted by atomic mass is 16.1. The second kappa shape index (κ2) is 5.77. The highest BCUT2D eigenvalue weighted by Gasteiger charge is 2.17. The number of nitrogen functional groups attached to an aromatic ring is 1. The van der Waals surface area contributed by atoms with E-state index in [1.165, 1.54) is 0 Å². The van der Waals surface area contributed by atoms with Crippen LogP contribution in [0.3, 0.4) is 0 Å². The molecule has 0 bridgehead atoms. The standard InChI is InChI=1S/C19H16N4O/c20-16-11-21-18(19(23-16)12-4-2-1-3-5-12)14-6-8-15-13(10-14)7-9-17(24)22-15/h1-6,8,10-11H,7,9H2,(H2,20,23)(H,22,24). The van der Waals surface area contributed by atoms with E-state index in [4.69, 9.17) is 5.73 Å². The van der Waals surface area contributed by atoms with Crippen LogP contribution in [0.25, 0.3) is 22.5 Å². The number of carbonyl (C=O) groups is 1. The summed E-state index contributed by atoms with van der Waals surface area (Å²) in [5.74, 6) is 0.454. The van der Waals surface area contributed by atoms with Gasteiger partial charge in [0.25, 0.3) is 0 Å². The van der Waals surface area contributed by atoms with Crippen molar-refractivity contribution in [2.24, 2.45) is 0 Å². The van der Waals surface area contributed by atoms with Gasteiger partial charge in [0.2, 0.25) is 5.91 Å². The van der Waals surface area contributed by atoms with E-state index in [9.17, 15) is 4.79 Å². The molecule has 3 N–H and O–H groups in total. The summed E-state index contributed by atoms with van der Waals surface area (Å²) < 4.78 is 0. The second-order valence-electron chi connectivity index (χ2n) is 5.78. The van der Waals surface area contributed by atoms with Gasteiger partial charge in [0, 0.05) is 23.2 Å². The largest absolute Gasteiger partial charge is 0.382 e. The first-order chi connectivity index (χ1) is 11.7. The molecule has 1 aromatic heterocycles. The molecule has 0 fully saturated rings. The number of nitrogens with two attached hydrogens (primary N) is 1. The number of carbonyl (C=O) groups excluding carboxylic acids is 1. The van der Waals surface area contributed by atoms with Crippen LogP contribution in [0.2, 0.25) is 0 Å². The van der Waals surface area contributed by atoms with Crippen molar-refractivity contribution in [3.8, 4) is 22.5 Å². The molecule has 0 unspecified atom stereocenters. The maximum Gasteiger partial charge on any atom is 0.224 e. The first-order valence-electron chi connectivity index (χ1n) is 7.82. The average Bonchev–Trinajstić information content (AvgIpc) is 2.62. The zero-order valence-electron chi connectivity index (χ0n) is 13.0. The van der Waals surface area contributed by atoms with E-state index in [-0.39, 0.29) is 5.91 Å². The molecule has 1 aliphatic heterocycles. The summed E-state index contributed by atoms with van der Waals surface area (Å²) in [6.07, 6.45) is 2.82. The smallest absolute Gasteiger partial charge is 0.224 e. The molecular weight excluding hydrogens is 300 g/mol. The van der Waals surface area contributed by atoms with E-state index in [0.29, 0.717) is 12.2 Å². The minimum absolute atomic E-state index is 0.0625. The molecule has 118 valence electrons. The molecule has 1 amide bonds. The first-order valence-corrected chi connectivity index (χ1v) is 7.82. The molecule has 0 saturated heterocycles. The average molecular weight is 316 g/mol. The Kier molecular flexibility index (Phi) is 3.46. The number of nitrogens with zero attached hydrogens (tertiary/aromatic N) is 2. The van der Waals surface area contributed by atoms with Gasteiger partial charge in [-0.05, 0) is 24.1 Å². The minimum atomic E-state index is 0.0625. The van der Waals surface area contributed by atoms with E-state index in [0.717, 1.165) is 40.2 Å². The Morgan fingerprint density at radius 1 is 0.958 bits per heavy atom. The molecule has 0 radical (unpaired) electrons. The maximum absolute atomic E-state index is 11.5. The molecule has 3 aromatic rings. The van der Waals surface area contributed by atoms with Crippen LogP contribution in [0.5, 0.6) is 0 Å². The van der Waals surface area contributed by atoms with Gasteiger partial charge in [-0.1, -0.05) is 36.4 Å². The minimum Gasteiger partial charge on any atom is -0.382 e. The highest BCUT2D eigenvalue weighted by Crippen LogP contribution is 2.33. The van der Waals surface area contributed by atoms with Gasteiger partial charge < -0.3 is 11.1 Å². The van der Waals surface area contributed by atoms with Crippen LogP contribution >= 0.6 is 0 Å². The summed E-state index contributed by atoms with van der Waals surface area (Å²) in [5.41, 5.74) is 11.3. The fourth-order valence-corrected chi connectivity index (χ4v) is 2.94. The predicted molar refractivity (Wildman–Crippen MR) is 94.3 cm³/mol. The molecule has 0 aliphatic carbocycles. The lowest BCUT2D eigenvalue weighted by Gasteiger charge is -2.18. The predicted octanol–water partition coefficient (Wildman–Crippen LogP) is 3.28. The van der Waals surface area contributed by atoms with Crippen LogP contribution < -0.4 is 11.1 Å². The monoisotopic (exact) mass is 316 g/mol. The van der Waals surface area contributed by atoms with E-state index in [2.05, 4.69) is 21.4 Å². The Balaban J connectivity index is 1.84. The summed E-state index contributed by atoms with van der Waals surface area (Å²) in [6, 6.07) is 15.8. The number of nitrogens with one attached hydrogen (secondary N) is 1. The fraction of sp³-hybridized carbons (Fsp3) is 0.105. The first kappa shape index (κ1) is 14.4. The van der Waals surface area contributed by atoms with E-state index < -0.39 is 0 Å². The number of aromatic nitrogens is 2. The van der Waals surface area contributed by atoms with E-state index in [1.54, 1.807) is 6.20 Å². The number of hydrogen-bond acceptors (Lipinski definition) is 4. The van der Waals surface area contributed by atoms with Crippen LogP contribution in [-0.4, -0.2) is 15.9 Å². The molecule has 1 aliphatic rings. The molecule has 0 spiro atoms. The quantitative estimate of drug-likeness (QED) is 0.760. The van der Waals surface area contributed by atoms with Crippen molar-refractivity contribution < 1.29 is 4.79 Å². The van der Waals surface area contributed by atoms with Crippen LogP contribution in [0.1, 0.15) is 12.0 Å². The number of fused-ring (bicyclic) bond motifs is 1. The van der Waals surface area contributed by atoms with E-state index in [1.807, 2.05) is 42.5 Å². The van der Waals surface area contributed by atoms with Gasteiger partial charge in [0.05, 0.1) is 17.6 Å². The number of benzene rings is 2. The number of amides is 1. The third-order valence-electron chi connectivity index (χ3n) is 4.11. The Morgan fingerprint density at radius 3 is 2.62 bits per heavy atom. The number of hydrogen-bond donors (Lipinski definition) is 2. The lowest BCUT2D eigenvalue weighted by atomic mass is 9.97. The zero-order chi connectivity index (χ0) is 16.5. The lowest BCUT2D eigenvalue weighted by Crippen LogP contribution is -2.18. The maximum atomic E-state index is 11.5. The van der Waals surface area contributed by atoms with Crippen molar-refractivity contribution in [2.45, 2.75) is 12.8 Å². The molecule has 24 heavy (non-hydrogen) atoms. The van der Waals surface area contributed by atoms with Crippen LogP contribution in [0.15, 0.2) is 54.7 Å². The van der Waals surface area contributed by atoms with Crippen LogP contribution in [0.4, 0.5) is 11.5 Å². The SMILES string of the molecule is Nc1cnc(-c2ccc3c(c2)CCC(=O)N3)c(-c2ccccc2)n1. The van der Waals surface area contributed by atoms with Gasteiger partial charge in [-0.25, -0.2) is 4.98 Å². The summed E-state index contributed by atoms with van der Waals surface area (Å²) >= 11 is 0. The van der Waals surface area contributed by atoms with Crippen molar-refractivity contribution in [2.75, 3.05) is 11.1 Å². The van der Waals surface area contributed by atoms with Gasteiger partial charge >= 0.3 is 0 Å². The molecular formula is C19H16N4O. The topological polar surface area (TPSA) is 80.9 Å². The normalized spacial score (nSPS) is 13.2. The number of rotatable bonds is 2. The molecule has 5 heteroatoms. The third kappa shape index (κ3) is 2.60. The Bertz CT molecular complexity index is 922. The zero-order valence-corrected chi connectivity index (χ0v) is 13.0. The van der Waals surface area contributed by atoms with Crippen molar-refractivity contribution >= 4 is 17.4 Å². The molecule has 4 rings (SSSR count). The lowest BCUT2D eigenvalue weighted by molar-refractivity contribution is -0.116. The van der Waals surface area contributed by atoms with Gasteiger partial charge in [-0.3, -0.25) is 9.78 Å². The van der Waals surface area contributed by atoms with E-state index >= 15 is 0 Å². The summed E-state index contributed by atoms with van der Waals surface area (Å²) in [5, 5.41) is 2.90. The second-order valence-corrected chi connectivity index (χ2v) is 5.78. The van der Waals surface area contributed by atoms with Gasteiger partial charge in [0.15, 0.2) is 0 Å². The Morgan fingerprint density at radius 2 is 1.79 bits per heavy atom. The molecule has 2 aromatic carbocycles. The Hall–Kier alpha value is -3.21. The molecule has 0 atom stereocenters. The summed E-state index contributed by atoms with van der Waals surface area (Å²) in [6.45, 7) is 0. The van der Waals surface area contributed by atoms with Crippen molar-refractivity contribution in [1.82, 2.24) is 9.97 Å². The van der Waals surface area contributed by atoms with Crippen LogP contribution in [0, 0.1) is 0 Å².